The number of hydrogen-bond donors (Lipinski definition) is 0. The molecular weight excluding hydrogens is 367 g/mol. The summed E-state index contributed by atoms with van der Waals surface area (Å²) in [5.41, 5.74) is 3.14. The highest BCUT2D eigenvalue weighted by Gasteiger charge is 2.59. The summed E-state index contributed by atoms with van der Waals surface area (Å²) >= 11 is 0. The van der Waals surface area contributed by atoms with Crippen molar-refractivity contribution in [2.24, 2.45) is 28.6 Å². The van der Waals surface area contributed by atoms with Gasteiger partial charge in [0.25, 0.3) is 0 Å². The van der Waals surface area contributed by atoms with Gasteiger partial charge in [0.05, 0.1) is 6.61 Å². The smallest absolute Gasteiger partial charge is 0.367 e. The molecule has 0 N–H and O–H groups in total. The number of fused-ring (bicyclic) bond motifs is 5. The summed E-state index contributed by atoms with van der Waals surface area (Å²) < 4.78 is 19.9. The van der Waals surface area contributed by atoms with Crippen LogP contribution in [0.4, 0.5) is 4.39 Å². The molecule has 0 aromatic rings. The zero-order valence-electron chi connectivity index (χ0n) is 18.4. The van der Waals surface area contributed by atoms with E-state index in [-0.39, 0.29) is 17.4 Å². The fraction of sp³-hybridized carbons (Fsp3) is 0.760. The molecule has 5 atom stereocenters. The fourth-order valence-electron chi connectivity index (χ4n) is 7.73. The molecule has 0 aliphatic heterocycles. The molecule has 0 unspecified atom stereocenters. The minimum Gasteiger partial charge on any atom is -0.461 e. The molecule has 0 bridgehead atoms. The Morgan fingerprint density at radius 3 is 2.45 bits per heavy atom. The van der Waals surface area contributed by atoms with E-state index in [2.05, 4.69) is 20.8 Å². The summed E-state index contributed by atoms with van der Waals surface area (Å²) in [6, 6.07) is 0. The van der Waals surface area contributed by atoms with Gasteiger partial charge in [-0.1, -0.05) is 26.3 Å². The van der Waals surface area contributed by atoms with Gasteiger partial charge in [0, 0.05) is 6.42 Å². The first-order valence-electron chi connectivity index (χ1n) is 11.6. The minimum atomic E-state index is -0.786. The molecule has 0 aromatic carbocycles. The van der Waals surface area contributed by atoms with Gasteiger partial charge in [-0.3, -0.25) is 4.79 Å². The number of Topliss-reactive ketones (excluding diaryl/α,β-unsaturated/α-hetero) is 1. The SMILES string of the molecule is CCOC(=O)C(F)=C1CC[C@H]2[C@@H]3CCC4=C(CC)C(=O)CC[C@]4(C)[C@H]3CC[C@]12C. The topological polar surface area (TPSA) is 43.4 Å². The van der Waals surface area contributed by atoms with E-state index in [9.17, 15) is 14.0 Å². The summed E-state index contributed by atoms with van der Waals surface area (Å²) in [5.74, 6) is 0.504. The number of carbonyl (C=O) groups is 2. The van der Waals surface area contributed by atoms with Crippen molar-refractivity contribution in [3.63, 3.8) is 0 Å². The Morgan fingerprint density at radius 2 is 1.76 bits per heavy atom. The van der Waals surface area contributed by atoms with Gasteiger partial charge in [-0.25, -0.2) is 4.79 Å². The molecule has 4 heteroatoms. The Morgan fingerprint density at radius 1 is 1.03 bits per heavy atom. The summed E-state index contributed by atoms with van der Waals surface area (Å²) in [6.45, 7) is 8.62. The lowest BCUT2D eigenvalue weighted by molar-refractivity contribution is -0.140. The molecule has 4 aliphatic rings. The van der Waals surface area contributed by atoms with Crippen LogP contribution in [0.1, 0.15) is 85.5 Å². The first-order valence-corrected chi connectivity index (χ1v) is 11.6. The highest BCUT2D eigenvalue weighted by Crippen LogP contribution is 2.67. The van der Waals surface area contributed by atoms with Crippen molar-refractivity contribution in [2.45, 2.75) is 85.5 Å². The van der Waals surface area contributed by atoms with Crippen LogP contribution in [0.5, 0.6) is 0 Å². The van der Waals surface area contributed by atoms with Crippen molar-refractivity contribution in [3.8, 4) is 0 Å². The monoisotopic (exact) mass is 402 g/mol. The molecule has 3 nitrogen and oxygen atoms in total. The van der Waals surface area contributed by atoms with Crippen LogP contribution in [-0.4, -0.2) is 18.4 Å². The quantitative estimate of drug-likeness (QED) is 0.424. The number of esters is 1. The predicted octanol–water partition coefficient (Wildman–Crippen LogP) is 6.09. The maximum atomic E-state index is 15.0. The molecule has 3 saturated carbocycles. The zero-order chi connectivity index (χ0) is 21.0. The molecule has 160 valence electrons. The van der Waals surface area contributed by atoms with Gasteiger partial charge in [0.1, 0.15) is 0 Å². The Labute approximate surface area is 174 Å². The molecule has 0 spiro atoms. The molecule has 0 aromatic heterocycles. The van der Waals surface area contributed by atoms with Crippen molar-refractivity contribution in [3.05, 3.63) is 22.5 Å². The number of ketones is 1. The van der Waals surface area contributed by atoms with Gasteiger partial charge < -0.3 is 4.74 Å². The van der Waals surface area contributed by atoms with E-state index in [0.717, 1.165) is 50.5 Å². The van der Waals surface area contributed by atoms with Gasteiger partial charge in [0.2, 0.25) is 5.83 Å². The third kappa shape index (κ3) is 2.96. The maximum Gasteiger partial charge on any atom is 0.367 e. The van der Waals surface area contributed by atoms with Gasteiger partial charge in [-0.05, 0) is 98.0 Å². The van der Waals surface area contributed by atoms with Gasteiger partial charge in [-0.2, -0.15) is 4.39 Å². The third-order valence-electron chi connectivity index (χ3n) is 9.10. The summed E-state index contributed by atoms with van der Waals surface area (Å²) in [5, 5.41) is 0. The molecule has 4 rings (SSSR count). The number of ether oxygens (including phenoxy) is 1. The second-order valence-electron chi connectivity index (χ2n) is 10.1. The van der Waals surface area contributed by atoms with Crippen molar-refractivity contribution in [1.82, 2.24) is 0 Å². The maximum absolute atomic E-state index is 15.0. The normalized spacial score (nSPS) is 40.9. The number of carbonyl (C=O) groups excluding carboxylic acids is 2. The molecule has 29 heavy (non-hydrogen) atoms. The number of rotatable bonds is 3. The molecule has 0 radical (unpaired) electrons. The fourth-order valence-corrected chi connectivity index (χ4v) is 7.73. The van der Waals surface area contributed by atoms with Crippen LogP contribution in [0.15, 0.2) is 22.5 Å². The van der Waals surface area contributed by atoms with Crippen LogP contribution in [0.2, 0.25) is 0 Å². The van der Waals surface area contributed by atoms with E-state index in [0.29, 0.717) is 42.0 Å². The van der Waals surface area contributed by atoms with Crippen molar-refractivity contribution in [1.29, 1.82) is 0 Å². The van der Waals surface area contributed by atoms with Crippen molar-refractivity contribution < 1.29 is 18.7 Å². The van der Waals surface area contributed by atoms with Crippen LogP contribution < -0.4 is 0 Å². The molecule has 3 fully saturated rings. The minimum absolute atomic E-state index is 0.121. The number of allylic oxidation sites excluding steroid dienone is 2. The third-order valence-corrected chi connectivity index (χ3v) is 9.10. The average molecular weight is 403 g/mol. The van der Waals surface area contributed by atoms with E-state index in [1.807, 2.05) is 0 Å². The van der Waals surface area contributed by atoms with Crippen LogP contribution in [-0.2, 0) is 14.3 Å². The summed E-state index contributed by atoms with van der Waals surface area (Å²) in [7, 11) is 0. The van der Waals surface area contributed by atoms with Crippen LogP contribution >= 0.6 is 0 Å². The highest BCUT2D eigenvalue weighted by molar-refractivity contribution is 5.97. The first kappa shape index (κ1) is 20.8. The summed E-state index contributed by atoms with van der Waals surface area (Å²) in [6.07, 6.45) is 8.23. The Kier molecular flexibility index (Phi) is 5.28. The molecule has 0 saturated heterocycles. The zero-order valence-corrected chi connectivity index (χ0v) is 18.4. The largest absolute Gasteiger partial charge is 0.461 e. The Balaban J connectivity index is 1.67. The first-order chi connectivity index (χ1) is 13.8. The Hall–Kier alpha value is -1.45. The van der Waals surface area contributed by atoms with Gasteiger partial charge >= 0.3 is 5.97 Å². The van der Waals surface area contributed by atoms with Crippen LogP contribution in [0.3, 0.4) is 0 Å². The second-order valence-corrected chi connectivity index (χ2v) is 10.1. The van der Waals surface area contributed by atoms with Crippen LogP contribution in [0, 0.1) is 28.6 Å². The van der Waals surface area contributed by atoms with E-state index in [1.54, 1.807) is 6.92 Å². The average Bonchev–Trinajstić information content (AvgIpc) is 3.05. The van der Waals surface area contributed by atoms with Gasteiger partial charge in [0.15, 0.2) is 5.78 Å². The van der Waals surface area contributed by atoms with E-state index in [4.69, 9.17) is 4.74 Å². The number of hydrogen-bond acceptors (Lipinski definition) is 3. The van der Waals surface area contributed by atoms with E-state index >= 15 is 0 Å². The molecule has 0 amide bonds. The predicted molar refractivity (Wildman–Crippen MR) is 111 cm³/mol. The van der Waals surface area contributed by atoms with E-state index < -0.39 is 11.8 Å². The highest BCUT2D eigenvalue weighted by atomic mass is 19.1. The van der Waals surface area contributed by atoms with Crippen molar-refractivity contribution in [2.75, 3.05) is 6.61 Å². The Bertz CT molecular complexity index is 794. The van der Waals surface area contributed by atoms with Crippen molar-refractivity contribution >= 4 is 11.8 Å². The van der Waals surface area contributed by atoms with E-state index in [1.165, 1.54) is 5.57 Å². The van der Waals surface area contributed by atoms with Crippen LogP contribution in [0.25, 0.3) is 0 Å². The second kappa shape index (κ2) is 7.35. The van der Waals surface area contributed by atoms with Gasteiger partial charge in [-0.15, -0.1) is 0 Å². The summed E-state index contributed by atoms with van der Waals surface area (Å²) in [4.78, 5) is 24.6. The standard InChI is InChI=1S/C25H35FO3/c1-5-15-17-8-7-16-18-9-10-20(22(26)23(28)29-6-2)25(18,4)13-11-19(16)24(17,3)14-12-21(15)27/h16,18-19H,5-14H2,1-4H3/t16-,18-,19-,24-,25-/m0/s1. The molecular formula is C25H35FO3. The molecule has 4 aliphatic carbocycles. The lowest BCUT2D eigenvalue weighted by Crippen LogP contribution is -2.50. The molecule has 0 heterocycles. The number of halogens is 1. The lowest BCUT2D eigenvalue weighted by Gasteiger charge is -2.58. The lowest BCUT2D eigenvalue weighted by atomic mass is 9.46.